The molecule has 1 atom stereocenters. The molecule has 2 aromatic heterocycles. The van der Waals surface area contributed by atoms with Crippen LogP contribution in [0.4, 0.5) is 10.5 Å². The Morgan fingerprint density at radius 1 is 1.09 bits per heavy atom. The number of rotatable bonds is 4. The number of fused-ring (bicyclic) bond motifs is 3. The van der Waals surface area contributed by atoms with E-state index in [0.717, 1.165) is 36.3 Å². The average molecular weight is 448 g/mol. The van der Waals surface area contributed by atoms with E-state index in [-0.39, 0.29) is 12.1 Å². The van der Waals surface area contributed by atoms with Crippen molar-refractivity contribution in [2.75, 3.05) is 12.0 Å². The Morgan fingerprint density at radius 3 is 2.67 bits per heavy atom. The molecule has 0 radical (unpaired) electrons. The lowest BCUT2D eigenvalue weighted by Gasteiger charge is -2.34. The number of carbonyl (C=O) groups excluding carboxylic acids is 1. The lowest BCUT2D eigenvalue weighted by Crippen LogP contribution is -2.42. The Balaban J connectivity index is 1.46. The Morgan fingerprint density at radius 2 is 1.91 bits per heavy atom. The molecule has 174 valence electrons. The van der Waals surface area contributed by atoms with Crippen molar-refractivity contribution in [2.24, 2.45) is 0 Å². The number of nitrogens with zero attached hydrogens (tertiary/aromatic N) is 5. The predicted molar refractivity (Wildman–Crippen MR) is 128 cm³/mol. The molecule has 0 saturated heterocycles. The van der Waals surface area contributed by atoms with Gasteiger partial charge in [-0.05, 0) is 63.1 Å². The van der Waals surface area contributed by atoms with Gasteiger partial charge in [0.15, 0.2) is 0 Å². The third-order valence-corrected chi connectivity index (χ3v) is 7.78. The Bertz CT molecular complexity index is 1180. The van der Waals surface area contributed by atoms with E-state index in [2.05, 4.69) is 39.6 Å². The van der Waals surface area contributed by atoms with Crippen LogP contribution in [0.25, 0.3) is 11.0 Å². The van der Waals surface area contributed by atoms with Gasteiger partial charge in [-0.2, -0.15) is 5.10 Å². The second kappa shape index (κ2) is 8.19. The first-order valence-corrected chi connectivity index (χ1v) is 12.6. The highest BCUT2D eigenvalue weighted by Gasteiger charge is 2.32. The summed E-state index contributed by atoms with van der Waals surface area (Å²) < 4.78 is 9.75. The molecular formula is C26H33N5O2. The molecule has 1 amide bonds. The summed E-state index contributed by atoms with van der Waals surface area (Å²) in [5, 5.41) is 4.61. The minimum atomic E-state index is -0.290. The van der Waals surface area contributed by atoms with Crippen LogP contribution < -0.4 is 4.90 Å². The zero-order valence-corrected chi connectivity index (χ0v) is 19.7. The maximum absolute atomic E-state index is 12.6. The Hall–Kier alpha value is -2.83. The highest BCUT2D eigenvalue weighted by atomic mass is 16.5. The first kappa shape index (κ1) is 20.8. The van der Waals surface area contributed by atoms with Gasteiger partial charge in [-0.15, -0.1) is 0 Å². The molecule has 0 bridgehead atoms. The van der Waals surface area contributed by atoms with Crippen molar-refractivity contribution in [2.45, 2.75) is 89.3 Å². The van der Waals surface area contributed by atoms with Gasteiger partial charge in [0.25, 0.3) is 0 Å². The molecule has 0 N–H and O–H groups in total. The van der Waals surface area contributed by atoms with Gasteiger partial charge in [-0.25, -0.2) is 9.78 Å². The van der Waals surface area contributed by atoms with Crippen LogP contribution >= 0.6 is 0 Å². The monoisotopic (exact) mass is 447 g/mol. The van der Waals surface area contributed by atoms with Crippen LogP contribution in [-0.4, -0.2) is 38.6 Å². The predicted octanol–water partition coefficient (Wildman–Crippen LogP) is 5.57. The van der Waals surface area contributed by atoms with Gasteiger partial charge in [0, 0.05) is 30.3 Å². The van der Waals surface area contributed by atoms with Crippen molar-refractivity contribution in [3.8, 4) is 0 Å². The third kappa shape index (κ3) is 3.62. The minimum absolute atomic E-state index is 0.121. The van der Waals surface area contributed by atoms with Gasteiger partial charge in [-0.3, -0.25) is 9.58 Å². The van der Waals surface area contributed by atoms with Crippen LogP contribution in [0.5, 0.6) is 0 Å². The van der Waals surface area contributed by atoms with Gasteiger partial charge in [0.1, 0.15) is 5.82 Å². The molecule has 2 fully saturated rings. The molecule has 0 spiro atoms. The van der Waals surface area contributed by atoms with Crippen molar-refractivity contribution in [3.63, 3.8) is 0 Å². The molecule has 7 heteroatoms. The maximum Gasteiger partial charge on any atom is 0.414 e. The summed E-state index contributed by atoms with van der Waals surface area (Å²) in [4.78, 5) is 19.6. The smallest absolute Gasteiger partial charge is 0.414 e. The zero-order chi connectivity index (χ0) is 22.5. The number of anilines is 1. The number of imidazole rings is 1. The van der Waals surface area contributed by atoms with E-state index >= 15 is 0 Å². The van der Waals surface area contributed by atoms with Crippen molar-refractivity contribution < 1.29 is 9.53 Å². The van der Waals surface area contributed by atoms with Crippen LogP contribution in [0, 0.1) is 0 Å². The average Bonchev–Trinajstić information content (AvgIpc) is 3.47. The molecule has 0 unspecified atom stereocenters. The normalized spacial score (nSPS) is 21.4. The summed E-state index contributed by atoms with van der Waals surface area (Å²) in [7, 11) is 1.46. The van der Waals surface area contributed by atoms with Crippen LogP contribution in [0.2, 0.25) is 0 Å². The summed E-state index contributed by atoms with van der Waals surface area (Å²) in [5.74, 6) is 1.13. The molecule has 6 rings (SSSR count). The van der Waals surface area contributed by atoms with E-state index in [9.17, 15) is 4.79 Å². The van der Waals surface area contributed by atoms with Crippen LogP contribution in [-0.2, 0) is 17.6 Å². The molecule has 3 aromatic rings. The summed E-state index contributed by atoms with van der Waals surface area (Å²) >= 11 is 0. The van der Waals surface area contributed by atoms with Crippen molar-refractivity contribution in [3.05, 3.63) is 41.5 Å². The molecule has 2 saturated carbocycles. The lowest BCUT2D eigenvalue weighted by molar-refractivity contribution is 0.175. The zero-order valence-electron chi connectivity index (χ0n) is 19.7. The van der Waals surface area contributed by atoms with Gasteiger partial charge < -0.3 is 9.30 Å². The van der Waals surface area contributed by atoms with E-state index in [1.165, 1.54) is 68.7 Å². The minimum Gasteiger partial charge on any atom is -0.452 e. The van der Waals surface area contributed by atoms with E-state index in [4.69, 9.17) is 9.72 Å². The number of carbonyl (C=O) groups is 1. The fourth-order valence-corrected chi connectivity index (χ4v) is 5.88. The van der Waals surface area contributed by atoms with E-state index in [1.54, 1.807) is 4.90 Å². The van der Waals surface area contributed by atoms with Crippen LogP contribution in [0.3, 0.4) is 0 Å². The fourth-order valence-electron chi connectivity index (χ4n) is 5.88. The lowest BCUT2D eigenvalue weighted by atomic mass is 9.94. The van der Waals surface area contributed by atoms with Crippen molar-refractivity contribution in [1.29, 1.82) is 0 Å². The molecule has 7 nitrogen and oxygen atoms in total. The number of aryl methyl sites for hydroxylation is 1. The van der Waals surface area contributed by atoms with E-state index < -0.39 is 0 Å². The van der Waals surface area contributed by atoms with Crippen molar-refractivity contribution in [1.82, 2.24) is 19.3 Å². The van der Waals surface area contributed by atoms with Gasteiger partial charge in [-0.1, -0.05) is 19.3 Å². The second-order valence-corrected chi connectivity index (χ2v) is 10.1. The number of hydrogen-bond donors (Lipinski definition) is 0. The molecule has 3 aliphatic rings. The first-order valence-electron chi connectivity index (χ1n) is 12.6. The largest absolute Gasteiger partial charge is 0.452 e. The topological polar surface area (TPSA) is 65.2 Å². The molecule has 1 aromatic carbocycles. The summed E-state index contributed by atoms with van der Waals surface area (Å²) in [6.07, 6.45) is 15.4. The number of amides is 1. The second-order valence-electron chi connectivity index (χ2n) is 10.1. The van der Waals surface area contributed by atoms with Gasteiger partial charge in [0.05, 0.1) is 36.1 Å². The number of methoxy groups -OCH3 is 1. The van der Waals surface area contributed by atoms with Gasteiger partial charge >= 0.3 is 6.09 Å². The summed E-state index contributed by atoms with van der Waals surface area (Å²) in [6.45, 7) is 2.09. The summed E-state index contributed by atoms with van der Waals surface area (Å²) in [5.41, 5.74) is 5.64. The van der Waals surface area contributed by atoms with Crippen molar-refractivity contribution >= 4 is 22.8 Å². The van der Waals surface area contributed by atoms with E-state index in [1.807, 2.05) is 6.20 Å². The molecule has 33 heavy (non-hydrogen) atoms. The van der Waals surface area contributed by atoms with Gasteiger partial charge in [0.2, 0.25) is 0 Å². The first-order chi connectivity index (χ1) is 16.1. The maximum atomic E-state index is 12.6. The Labute approximate surface area is 194 Å². The number of aromatic nitrogens is 4. The van der Waals surface area contributed by atoms with Crippen LogP contribution in [0.1, 0.15) is 87.3 Å². The molecule has 1 aliphatic heterocycles. The number of hydrogen-bond acceptors (Lipinski definition) is 4. The quantitative estimate of drug-likeness (QED) is 0.524. The molecular weight excluding hydrogens is 414 g/mol. The highest BCUT2D eigenvalue weighted by Crippen LogP contribution is 2.40. The van der Waals surface area contributed by atoms with Crippen LogP contribution in [0.15, 0.2) is 24.5 Å². The Kier molecular flexibility index (Phi) is 5.15. The number of benzene rings is 1. The number of ether oxygens (including phenoxy) is 1. The highest BCUT2D eigenvalue weighted by molar-refractivity contribution is 5.95. The van der Waals surface area contributed by atoms with E-state index in [0.29, 0.717) is 12.1 Å². The molecule has 3 heterocycles. The SMILES string of the molecule is COC(=O)N1c2ccc3c(nc(Cc4cnn(C5CC5)c4)n3C3CCCCC3)c2CC[C@@H]1C. The fraction of sp³-hybridized carbons (Fsp3) is 0.577. The third-order valence-electron chi connectivity index (χ3n) is 7.78. The molecule has 2 aliphatic carbocycles. The summed E-state index contributed by atoms with van der Waals surface area (Å²) in [6, 6.07) is 5.50. The standard InChI is InChI=1S/C26H33N5O2/c1-17-8-11-21-22(30(17)26(32)33-2)12-13-23-25(21)28-24(31(23)20-6-4-3-5-7-20)14-18-15-27-29(16-18)19-9-10-19/h12-13,15-17,19-20H,3-11,14H2,1-2H3/t17-/m0/s1.